The number of nitrogens with one attached hydrogen (secondary N) is 1. The number of anilines is 1. The number of aromatic nitrogens is 1. The first-order chi connectivity index (χ1) is 12.1. The molecule has 1 aromatic rings. The number of pyridine rings is 1. The highest BCUT2D eigenvalue weighted by atomic mass is 16.5. The average Bonchev–Trinajstić information content (AvgIpc) is 3.38. The summed E-state index contributed by atoms with van der Waals surface area (Å²) < 4.78 is 6.27. The van der Waals surface area contributed by atoms with E-state index in [-0.39, 0.29) is 23.3 Å². The van der Waals surface area contributed by atoms with Gasteiger partial charge in [-0.15, -0.1) is 0 Å². The van der Waals surface area contributed by atoms with Gasteiger partial charge in [0.05, 0.1) is 17.5 Å². The van der Waals surface area contributed by atoms with Crippen LogP contribution in [-0.2, 0) is 14.3 Å². The molecule has 1 N–H and O–H groups in total. The van der Waals surface area contributed by atoms with Crippen molar-refractivity contribution in [2.75, 3.05) is 18.4 Å². The number of carbonyl (C=O) groups is 2. The first-order valence-electron chi connectivity index (χ1n) is 9.25. The van der Waals surface area contributed by atoms with Crippen molar-refractivity contribution < 1.29 is 14.3 Å². The summed E-state index contributed by atoms with van der Waals surface area (Å²) in [6, 6.07) is 3.61. The van der Waals surface area contributed by atoms with E-state index in [1.165, 1.54) is 0 Å². The van der Waals surface area contributed by atoms with Crippen LogP contribution < -0.4 is 5.32 Å². The Morgan fingerprint density at radius 1 is 1.32 bits per heavy atom. The molecule has 25 heavy (non-hydrogen) atoms. The van der Waals surface area contributed by atoms with Crippen molar-refractivity contribution in [1.82, 2.24) is 9.88 Å². The molecule has 2 saturated heterocycles. The van der Waals surface area contributed by atoms with Gasteiger partial charge in [-0.3, -0.25) is 14.6 Å². The number of rotatable bonds is 3. The number of amides is 2. The molecule has 3 atom stereocenters. The van der Waals surface area contributed by atoms with E-state index in [9.17, 15) is 9.59 Å². The van der Waals surface area contributed by atoms with Gasteiger partial charge in [-0.1, -0.05) is 6.92 Å². The summed E-state index contributed by atoms with van der Waals surface area (Å²) in [5.41, 5.74) is 0.423. The van der Waals surface area contributed by atoms with Gasteiger partial charge in [-0.05, 0) is 44.2 Å². The van der Waals surface area contributed by atoms with Gasteiger partial charge in [0.25, 0.3) is 5.91 Å². The molecule has 3 heterocycles. The zero-order valence-electron chi connectivity index (χ0n) is 14.6. The van der Waals surface area contributed by atoms with Crippen molar-refractivity contribution in [1.29, 1.82) is 0 Å². The van der Waals surface area contributed by atoms with Crippen molar-refractivity contribution in [3.8, 4) is 0 Å². The number of likely N-dealkylation sites (tertiary alicyclic amines) is 1. The van der Waals surface area contributed by atoms with Crippen LogP contribution in [0.15, 0.2) is 24.5 Å². The van der Waals surface area contributed by atoms with Gasteiger partial charge in [-0.2, -0.15) is 0 Å². The van der Waals surface area contributed by atoms with Gasteiger partial charge >= 0.3 is 0 Å². The van der Waals surface area contributed by atoms with Crippen molar-refractivity contribution in [3.05, 3.63) is 24.5 Å². The monoisotopic (exact) mass is 343 g/mol. The zero-order valence-corrected chi connectivity index (χ0v) is 14.6. The van der Waals surface area contributed by atoms with Crippen LogP contribution in [0.1, 0.15) is 39.0 Å². The molecule has 1 saturated carbocycles. The Bertz CT molecular complexity index is 661. The SMILES string of the molecule is CC1CN(C(=O)C2CC2)CCC12CCC(C(=O)Nc1cccnc1)O2. The largest absolute Gasteiger partial charge is 0.362 e. The molecular formula is C19H25N3O3. The van der Waals surface area contributed by atoms with Crippen LogP contribution in [0.4, 0.5) is 5.69 Å². The van der Waals surface area contributed by atoms with Gasteiger partial charge in [0.2, 0.25) is 5.91 Å². The van der Waals surface area contributed by atoms with E-state index in [1.807, 2.05) is 11.0 Å². The molecule has 1 spiro atoms. The smallest absolute Gasteiger partial charge is 0.253 e. The van der Waals surface area contributed by atoms with Crippen molar-refractivity contribution in [3.63, 3.8) is 0 Å². The fourth-order valence-corrected chi connectivity index (χ4v) is 4.11. The lowest BCUT2D eigenvalue weighted by Crippen LogP contribution is -2.53. The number of piperidine rings is 1. The van der Waals surface area contributed by atoms with Crippen LogP contribution in [0.3, 0.4) is 0 Å². The molecule has 3 fully saturated rings. The fourth-order valence-electron chi connectivity index (χ4n) is 4.11. The minimum absolute atomic E-state index is 0.103. The molecule has 134 valence electrons. The summed E-state index contributed by atoms with van der Waals surface area (Å²) in [6.07, 6.45) is 7.40. The molecule has 0 bridgehead atoms. The quantitative estimate of drug-likeness (QED) is 0.913. The highest BCUT2D eigenvalue weighted by molar-refractivity contribution is 5.94. The summed E-state index contributed by atoms with van der Waals surface area (Å²) in [7, 11) is 0. The van der Waals surface area contributed by atoms with Crippen LogP contribution in [-0.4, -0.2) is 46.5 Å². The topological polar surface area (TPSA) is 71.5 Å². The van der Waals surface area contributed by atoms with Crippen LogP contribution in [0.5, 0.6) is 0 Å². The summed E-state index contributed by atoms with van der Waals surface area (Å²) >= 11 is 0. The van der Waals surface area contributed by atoms with E-state index in [0.29, 0.717) is 11.6 Å². The Morgan fingerprint density at radius 3 is 2.84 bits per heavy atom. The van der Waals surface area contributed by atoms with E-state index in [0.717, 1.165) is 45.2 Å². The Hall–Kier alpha value is -1.95. The lowest BCUT2D eigenvalue weighted by Gasteiger charge is -2.44. The number of carbonyl (C=O) groups excluding carboxylic acids is 2. The van der Waals surface area contributed by atoms with E-state index in [1.54, 1.807) is 18.5 Å². The fraction of sp³-hybridized carbons (Fsp3) is 0.632. The van der Waals surface area contributed by atoms with E-state index >= 15 is 0 Å². The van der Waals surface area contributed by atoms with Crippen LogP contribution in [0.2, 0.25) is 0 Å². The lowest BCUT2D eigenvalue weighted by atomic mass is 9.80. The second-order valence-electron chi connectivity index (χ2n) is 7.65. The van der Waals surface area contributed by atoms with Crippen molar-refractivity contribution >= 4 is 17.5 Å². The molecule has 1 aliphatic carbocycles. The van der Waals surface area contributed by atoms with Crippen LogP contribution in [0.25, 0.3) is 0 Å². The molecule has 0 aromatic carbocycles. The first kappa shape index (κ1) is 16.5. The minimum Gasteiger partial charge on any atom is -0.362 e. The molecule has 3 aliphatic rings. The van der Waals surface area contributed by atoms with Gasteiger partial charge in [-0.25, -0.2) is 0 Å². The molecular weight excluding hydrogens is 318 g/mol. The minimum atomic E-state index is -0.423. The highest BCUT2D eigenvalue weighted by Crippen LogP contribution is 2.43. The normalized spacial score (nSPS) is 32.0. The maximum Gasteiger partial charge on any atom is 0.253 e. The number of ether oxygens (including phenoxy) is 1. The summed E-state index contributed by atoms with van der Waals surface area (Å²) in [4.78, 5) is 30.8. The van der Waals surface area contributed by atoms with Crippen molar-refractivity contribution in [2.24, 2.45) is 11.8 Å². The second kappa shape index (κ2) is 6.41. The molecule has 2 aliphatic heterocycles. The average molecular weight is 343 g/mol. The third-order valence-electron chi connectivity index (χ3n) is 5.86. The molecule has 6 heteroatoms. The highest BCUT2D eigenvalue weighted by Gasteiger charge is 2.50. The Labute approximate surface area is 147 Å². The predicted molar refractivity (Wildman–Crippen MR) is 92.8 cm³/mol. The van der Waals surface area contributed by atoms with Crippen molar-refractivity contribution in [2.45, 2.75) is 50.7 Å². The van der Waals surface area contributed by atoms with E-state index in [4.69, 9.17) is 4.74 Å². The first-order valence-corrected chi connectivity index (χ1v) is 9.25. The van der Waals surface area contributed by atoms with Gasteiger partial charge in [0.15, 0.2) is 0 Å². The summed E-state index contributed by atoms with van der Waals surface area (Å²) in [5.74, 6) is 0.725. The Kier molecular flexibility index (Phi) is 4.23. The summed E-state index contributed by atoms with van der Waals surface area (Å²) in [6.45, 7) is 3.64. The lowest BCUT2D eigenvalue weighted by molar-refractivity contribution is -0.152. The second-order valence-corrected chi connectivity index (χ2v) is 7.65. The van der Waals surface area contributed by atoms with E-state index < -0.39 is 6.10 Å². The molecule has 0 radical (unpaired) electrons. The molecule has 3 unspecified atom stereocenters. The maximum absolute atomic E-state index is 12.5. The number of hydrogen-bond donors (Lipinski definition) is 1. The van der Waals surface area contributed by atoms with E-state index in [2.05, 4.69) is 17.2 Å². The van der Waals surface area contributed by atoms with Crippen LogP contribution >= 0.6 is 0 Å². The number of nitrogens with zero attached hydrogens (tertiary/aromatic N) is 2. The third kappa shape index (κ3) is 3.27. The molecule has 1 aromatic heterocycles. The van der Waals surface area contributed by atoms with Gasteiger partial charge in [0, 0.05) is 31.1 Å². The molecule has 4 rings (SSSR count). The van der Waals surface area contributed by atoms with Crippen LogP contribution in [0, 0.1) is 11.8 Å². The molecule has 6 nitrogen and oxygen atoms in total. The van der Waals surface area contributed by atoms with Gasteiger partial charge in [0.1, 0.15) is 6.10 Å². The maximum atomic E-state index is 12.5. The third-order valence-corrected chi connectivity index (χ3v) is 5.86. The predicted octanol–water partition coefficient (Wildman–Crippen LogP) is 2.22. The van der Waals surface area contributed by atoms with Gasteiger partial charge < -0.3 is 15.0 Å². The standard InChI is InChI=1S/C19H25N3O3/c1-13-12-22(18(24)14-4-5-14)10-8-19(13)7-6-16(25-19)17(23)21-15-3-2-9-20-11-15/h2-3,9,11,13-14,16H,4-8,10,12H2,1H3,(H,21,23). The number of hydrogen-bond acceptors (Lipinski definition) is 4. The zero-order chi connectivity index (χ0) is 17.4. The molecule has 2 amide bonds. The Balaban J connectivity index is 1.36. The Morgan fingerprint density at radius 2 is 2.16 bits per heavy atom. The summed E-state index contributed by atoms with van der Waals surface area (Å²) in [5, 5.41) is 2.88.